The molecule has 1 fully saturated rings. The molecule has 3 aromatic rings. The zero-order chi connectivity index (χ0) is 24.4. The van der Waals surface area contributed by atoms with Gasteiger partial charge in [-0.3, -0.25) is 0 Å². The van der Waals surface area contributed by atoms with Crippen molar-refractivity contribution in [3.8, 4) is 5.75 Å². The van der Waals surface area contributed by atoms with Crippen LogP contribution in [0.5, 0.6) is 5.75 Å². The lowest BCUT2D eigenvalue weighted by atomic mass is 10.1. The normalized spacial score (nSPS) is 16.7. The molecule has 8 nitrogen and oxygen atoms in total. The minimum atomic E-state index is -3.64. The fourth-order valence-corrected chi connectivity index (χ4v) is 6.19. The lowest BCUT2D eigenvalue weighted by Gasteiger charge is -2.34. The second-order valence-electron chi connectivity index (χ2n) is 8.52. The second-order valence-corrected chi connectivity index (χ2v) is 11.4. The fraction of sp³-hybridized carbons (Fsp3) is 0.360. The summed E-state index contributed by atoms with van der Waals surface area (Å²) in [5.74, 6) is 2.31. The molecule has 10 heteroatoms. The zero-order valence-electron chi connectivity index (χ0n) is 19.5. The zero-order valence-corrected chi connectivity index (χ0v) is 21.9. The molecule has 0 amide bonds. The second kappa shape index (κ2) is 10.2. The van der Waals surface area contributed by atoms with Gasteiger partial charge in [0.15, 0.2) is 0 Å². The largest absolute Gasteiger partial charge is 0.496 e. The van der Waals surface area contributed by atoms with E-state index < -0.39 is 10.0 Å². The van der Waals surface area contributed by atoms with Crippen molar-refractivity contribution in [3.05, 3.63) is 75.6 Å². The standard InChI is InChI=1S/C25H27BrN4O4S/c1-33-23-5-3-2-4-18(23)16-24-27-22-10-11-30(35(31,32)20-8-6-19(26)7-9-20)17-21(22)25(28-24)29-12-14-34-15-13-29/h2-9H,10-17H2,1H3. The van der Waals surface area contributed by atoms with Crippen molar-refractivity contribution in [1.29, 1.82) is 0 Å². The molecule has 2 aromatic carbocycles. The molecule has 0 saturated carbocycles. The van der Waals surface area contributed by atoms with Gasteiger partial charge >= 0.3 is 0 Å². The van der Waals surface area contributed by atoms with E-state index in [0.717, 1.165) is 32.9 Å². The number of aromatic nitrogens is 2. The molecule has 1 aromatic heterocycles. The summed E-state index contributed by atoms with van der Waals surface area (Å²) in [6, 6.07) is 14.6. The van der Waals surface area contributed by atoms with Crippen LogP contribution >= 0.6 is 15.9 Å². The lowest BCUT2D eigenvalue weighted by Crippen LogP contribution is -2.41. The molecular formula is C25H27BrN4O4S. The van der Waals surface area contributed by atoms with Gasteiger partial charge in [0, 0.05) is 54.6 Å². The molecule has 0 radical (unpaired) electrons. The SMILES string of the molecule is COc1ccccc1Cc1nc2c(c(N3CCOCC3)n1)CN(S(=O)(=O)c1ccc(Br)cc1)CC2. The third-order valence-corrected chi connectivity index (χ3v) is 8.74. The van der Waals surface area contributed by atoms with Crippen molar-refractivity contribution in [1.82, 2.24) is 14.3 Å². The number of rotatable bonds is 6. The third-order valence-electron chi connectivity index (χ3n) is 6.35. The molecule has 2 aliphatic rings. The van der Waals surface area contributed by atoms with Gasteiger partial charge in [-0.2, -0.15) is 4.31 Å². The molecule has 0 N–H and O–H groups in total. The first-order valence-electron chi connectivity index (χ1n) is 11.5. The number of sulfonamides is 1. The fourth-order valence-electron chi connectivity index (χ4n) is 4.52. The first-order chi connectivity index (χ1) is 17.0. The topological polar surface area (TPSA) is 84.9 Å². The van der Waals surface area contributed by atoms with Crippen LogP contribution in [0.2, 0.25) is 0 Å². The van der Waals surface area contributed by atoms with E-state index in [4.69, 9.17) is 19.4 Å². The molecule has 184 valence electrons. The molecule has 0 atom stereocenters. The average molecular weight is 559 g/mol. The molecule has 0 aliphatic carbocycles. The molecule has 5 rings (SSSR count). The van der Waals surface area contributed by atoms with Crippen LogP contribution in [-0.2, 0) is 34.1 Å². The first kappa shape index (κ1) is 24.2. The van der Waals surface area contributed by atoms with Gasteiger partial charge in [-0.1, -0.05) is 34.1 Å². The van der Waals surface area contributed by atoms with Crippen molar-refractivity contribution in [2.45, 2.75) is 24.3 Å². The predicted octanol–water partition coefficient (Wildman–Crippen LogP) is 3.42. The maximum atomic E-state index is 13.4. The number of halogens is 1. The Balaban J connectivity index is 1.51. The number of fused-ring (bicyclic) bond motifs is 1. The molecule has 0 bridgehead atoms. The molecular weight excluding hydrogens is 532 g/mol. The Hall–Kier alpha value is -2.53. The van der Waals surface area contributed by atoms with Crippen LogP contribution in [0.3, 0.4) is 0 Å². The highest BCUT2D eigenvalue weighted by Crippen LogP contribution is 2.32. The third kappa shape index (κ3) is 5.06. The Morgan fingerprint density at radius 2 is 1.77 bits per heavy atom. The summed E-state index contributed by atoms with van der Waals surface area (Å²) in [6.45, 7) is 3.26. The van der Waals surface area contributed by atoms with Crippen LogP contribution in [0.4, 0.5) is 5.82 Å². The Bertz CT molecular complexity index is 1310. The maximum absolute atomic E-state index is 13.4. The minimum Gasteiger partial charge on any atom is -0.496 e. The smallest absolute Gasteiger partial charge is 0.243 e. The van der Waals surface area contributed by atoms with Crippen molar-refractivity contribution in [2.75, 3.05) is 44.9 Å². The van der Waals surface area contributed by atoms with Gasteiger partial charge in [-0.15, -0.1) is 0 Å². The van der Waals surface area contributed by atoms with E-state index in [9.17, 15) is 8.42 Å². The Labute approximate surface area is 214 Å². The highest BCUT2D eigenvalue weighted by molar-refractivity contribution is 9.10. The summed E-state index contributed by atoms with van der Waals surface area (Å²) in [4.78, 5) is 12.3. The number of anilines is 1. The van der Waals surface area contributed by atoms with Crippen LogP contribution in [0, 0.1) is 0 Å². The van der Waals surface area contributed by atoms with Crippen LogP contribution in [-0.4, -0.2) is 62.6 Å². The van der Waals surface area contributed by atoms with Crippen molar-refractivity contribution < 1.29 is 17.9 Å². The Morgan fingerprint density at radius 3 is 2.51 bits per heavy atom. The molecule has 3 heterocycles. The molecule has 0 unspecified atom stereocenters. The molecule has 2 aliphatic heterocycles. The average Bonchev–Trinajstić information content (AvgIpc) is 2.89. The van der Waals surface area contributed by atoms with Gasteiger partial charge in [-0.05, 0) is 30.3 Å². The molecule has 1 saturated heterocycles. The van der Waals surface area contributed by atoms with Crippen LogP contribution in [0.1, 0.15) is 22.6 Å². The summed E-state index contributed by atoms with van der Waals surface area (Å²) in [7, 11) is -1.98. The summed E-state index contributed by atoms with van der Waals surface area (Å²) in [5, 5.41) is 0. The van der Waals surface area contributed by atoms with Crippen LogP contribution in [0.25, 0.3) is 0 Å². The van der Waals surface area contributed by atoms with E-state index >= 15 is 0 Å². The van der Waals surface area contributed by atoms with E-state index in [0.29, 0.717) is 51.5 Å². The Kier molecular flexibility index (Phi) is 7.06. The van der Waals surface area contributed by atoms with Crippen molar-refractivity contribution >= 4 is 31.8 Å². The van der Waals surface area contributed by atoms with E-state index in [2.05, 4.69) is 20.8 Å². The lowest BCUT2D eigenvalue weighted by molar-refractivity contribution is 0.122. The minimum absolute atomic E-state index is 0.245. The quantitative estimate of drug-likeness (QED) is 0.458. The van der Waals surface area contributed by atoms with Gasteiger partial charge in [0.2, 0.25) is 10.0 Å². The van der Waals surface area contributed by atoms with Crippen LogP contribution in [0.15, 0.2) is 57.9 Å². The highest BCUT2D eigenvalue weighted by atomic mass is 79.9. The summed E-state index contributed by atoms with van der Waals surface area (Å²) in [5.41, 5.74) is 2.80. The number of para-hydroxylation sites is 1. The monoisotopic (exact) mass is 558 g/mol. The number of hydrogen-bond donors (Lipinski definition) is 0. The predicted molar refractivity (Wildman–Crippen MR) is 136 cm³/mol. The van der Waals surface area contributed by atoms with E-state index in [1.807, 2.05) is 24.3 Å². The van der Waals surface area contributed by atoms with E-state index in [-0.39, 0.29) is 11.4 Å². The maximum Gasteiger partial charge on any atom is 0.243 e. The molecule has 0 spiro atoms. The van der Waals surface area contributed by atoms with Gasteiger partial charge in [-0.25, -0.2) is 18.4 Å². The number of nitrogens with zero attached hydrogens (tertiary/aromatic N) is 4. The number of morpholine rings is 1. The highest BCUT2D eigenvalue weighted by Gasteiger charge is 2.32. The summed E-state index contributed by atoms with van der Waals surface area (Å²) >= 11 is 3.37. The van der Waals surface area contributed by atoms with Gasteiger partial charge in [0.25, 0.3) is 0 Å². The van der Waals surface area contributed by atoms with Gasteiger partial charge in [0.05, 0.1) is 30.9 Å². The molecule has 35 heavy (non-hydrogen) atoms. The van der Waals surface area contributed by atoms with Crippen molar-refractivity contribution in [2.24, 2.45) is 0 Å². The number of hydrogen-bond acceptors (Lipinski definition) is 7. The summed E-state index contributed by atoms with van der Waals surface area (Å²) in [6.07, 6.45) is 1.07. The number of methoxy groups -OCH3 is 1. The van der Waals surface area contributed by atoms with E-state index in [1.54, 1.807) is 31.4 Å². The van der Waals surface area contributed by atoms with Gasteiger partial charge in [0.1, 0.15) is 17.4 Å². The number of ether oxygens (including phenoxy) is 2. The number of benzene rings is 2. The Morgan fingerprint density at radius 1 is 1.03 bits per heavy atom. The first-order valence-corrected chi connectivity index (χ1v) is 13.8. The summed E-state index contributed by atoms with van der Waals surface area (Å²) < 4.78 is 40.2. The van der Waals surface area contributed by atoms with E-state index in [1.165, 1.54) is 4.31 Å². The van der Waals surface area contributed by atoms with Crippen molar-refractivity contribution in [3.63, 3.8) is 0 Å². The van der Waals surface area contributed by atoms with Crippen LogP contribution < -0.4 is 9.64 Å². The van der Waals surface area contributed by atoms with Gasteiger partial charge < -0.3 is 14.4 Å².